The highest BCUT2D eigenvalue weighted by Gasteiger charge is 2.46. The van der Waals surface area contributed by atoms with E-state index >= 15 is 0 Å². The summed E-state index contributed by atoms with van der Waals surface area (Å²) in [5, 5.41) is 31.7. The SMILES string of the molecule is CC(C)OCCN1C(=O)C(=O)/C(=C(\O)c2ccc([N+](=O)[O-])cc2)C1c1cccc(O)c1. The molecule has 3 rings (SSSR count). The number of likely N-dealkylation sites (tertiary alicyclic amines) is 1. The number of carbonyl (C=O) groups is 2. The zero-order chi connectivity index (χ0) is 22.7. The van der Waals surface area contributed by atoms with Crippen LogP contribution < -0.4 is 0 Å². The molecule has 0 aromatic heterocycles. The Hall–Kier alpha value is -3.72. The highest BCUT2D eigenvalue weighted by Crippen LogP contribution is 2.40. The molecule has 2 N–H and O–H groups in total. The average Bonchev–Trinajstić information content (AvgIpc) is 2.98. The second-order valence-electron chi connectivity index (χ2n) is 7.31. The quantitative estimate of drug-likeness (QED) is 0.229. The lowest BCUT2D eigenvalue weighted by atomic mass is 9.95. The molecule has 1 aliphatic rings. The summed E-state index contributed by atoms with van der Waals surface area (Å²) >= 11 is 0. The Morgan fingerprint density at radius 2 is 1.87 bits per heavy atom. The zero-order valence-corrected chi connectivity index (χ0v) is 17.0. The number of nitrogens with zero attached hydrogens (tertiary/aromatic N) is 2. The molecule has 31 heavy (non-hydrogen) atoms. The van der Waals surface area contributed by atoms with E-state index in [1.165, 1.54) is 41.3 Å². The van der Waals surface area contributed by atoms with Crippen LogP contribution in [0, 0.1) is 10.1 Å². The van der Waals surface area contributed by atoms with Crippen LogP contribution in [-0.2, 0) is 14.3 Å². The number of hydrogen-bond donors (Lipinski definition) is 2. The molecule has 1 atom stereocenters. The number of non-ortho nitro benzene ring substituents is 1. The van der Waals surface area contributed by atoms with Gasteiger partial charge in [-0.1, -0.05) is 12.1 Å². The summed E-state index contributed by atoms with van der Waals surface area (Å²) in [7, 11) is 0. The molecule has 9 heteroatoms. The lowest BCUT2D eigenvalue weighted by Gasteiger charge is -2.25. The van der Waals surface area contributed by atoms with E-state index in [9.17, 15) is 29.9 Å². The van der Waals surface area contributed by atoms with E-state index < -0.39 is 28.4 Å². The Bertz CT molecular complexity index is 1040. The molecular weight excluding hydrogens is 404 g/mol. The van der Waals surface area contributed by atoms with Crippen molar-refractivity contribution < 1.29 is 29.5 Å². The van der Waals surface area contributed by atoms with Gasteiger partial charge < -0.3 is 19.8 Å². The van der Waals surface area contributed by atoms with E-state index in [1.54, 1.807) is 12.1 Å². The normalized spacial score (nSPS) is 18.0. The van der Waals surface area contributed by atoms with Crippen LogP contribution in [0.1, 0.15) is 31.0 Å². The van der Waals surface area contributed by atoms with Crippen molar-refractivity contribution in [2.75, 3.05) is 13.2 Å². The minimum Gasteiger partial charge on any atom is -0.508 e. The Kier molecular flexibility index (Phi) is 6.36. The van der Waals surface area contributed by atoms with Crippen LogP contribution >= 0.6 is 0 Å². The van der Waals surface area contributed by atoms with Gasteiger partial charge in [0.05, 0.1) is 29.2 Å². The van der Waals surface area contributed by atoms with Crippen molar-refractivity contribution in [2.45, 2.75) is 26.0 Å². The summed E-state index contributed by atoms with van der Waals surface area (Å²) in [5.41, 5.74) is 0.265. The fourth-order valence-electron chi connectivity index (χ4n) is 3.44. The van der Waals surface area contributed by atoms with Gasteiger partial charge in [0.2, 0.25) is 0 Å². The second-order valence-corrected chi connectivity index (χ2v) is 7.31. The number of nitro groups is 1. The third-order valence-corrected chi connectivity index (χ3v) is 4.86. The van der Waals surface area contributed by atoms with Crippen LogP contribution in [0.3, 0.4) is 0 Å². The number of carbonyl (C=O) groups excluding carboxylic acids is 2. The lowest BCUT2D eigenvalue weighted by Crippen LogP contribution is -2.33. The maximum absolute atomic E-state index is 12.9. The number of phenolic OH excluding ortho intramolecular Hbond substituents is 1. The zero-order valence-electron chi connectivity index (χ0n) is 17.0. The van der Waals surface area contributed by atoms with Gasteiger partial charge in [-0.25, -0.2) is 0 Å². The van der Waals surface area contributed by atoms with Gasteiger partial charge in [-0.3, -0.25) is 19.7 Å². The molecule has 1 unspecified atom stereocenters. The van der Waals surface area contributed by atoms with Gasteiger partial charge in [0.25, 0.3) is 17.4 Å². The monoisotopic (exact) mass is 426 g/mol. The second kappa shape index (κ2) is 8.97. The molecule has 0 spiro atoms. The first-order chi connectivity index (χ1) is 14.7. The summed E-state index contributed by atoms with van der Waals surface area (Å²) in [5.74, 6) is -2.19. The molecule has 0 radical (unpaired) electrons. The third-order valence-electron chi connectivity index (χ3n) is 4.86. The van der Waals surface area contributed by atoms with Gasteiger partial charge in [0.15, 0.2) is 0 Å². The predicted molar refractivity (Wildman–Crippen MR) is 111 cm³/mol. The minimum absolute atomic E-state index is 0.0585. The summed E-state index contributed by atoms with van der Waals surface area (Å²) < 4.78 is 5.51. The van der Waals surface area contributed by atoms with Gasteiger partial charge in [-0.05, 0) is 43.7 Å². The number of aliphatic hydroxyl groups excluding tert-OH is 1. The fourth-order valence-corrected chi connectivity index (χ4v) is 3.44. The van der Waals surface area contributed by atoms with E-state index in [0.717, 1.165) is 0 Å². The highest BCUT2D eigenvalue weighted by atomic mass is 16.6. The molecule has 0 aliphatic carbocycles. The number of Topliss-reactive ketones (excluding diaryl/α,β-unsaturated/α-hetero) is 1. The first-order valence-corrected chi connectivity index (χ1v) is 9.64. The number of aliphatic hydroxyl groups is 1. The summed E-state index contributed by atoms with van der Waals surface area (Å²) in [6, 6.07) is 10.1. The molecule has 1 heterocycles. The van der Waals surface area contributed by atoms with E-state index in [0.29, 0.717) is 5.56 Å². The van der Waals surface area contributed by atoms with Crippen LogP contribution in [0.5, 0.6) is 5.75 Å². The third kappa shape index (κ3) is 4.56. The molecule has 2 aromatic rings. The first-order valence-electron chi connectivity index (χ1n) is 9.64. The Morgan fingerprint density at radius 1 is 1.19 bits per heavy atom. The molecular formula is C22H22N2O7. The van der Waals surface area contributed by atoms with Gasteiger partial charge in [0.1, 0.15) is 11.5 Å². The topological polar surface area (TPSA) is 130 Å². The van der Waals surface area contributed by atoms with Crippen molar-refractivity contribution >= 4 is 23.1 Å². The van der Waals surface area contributed by atoms with Crippen LogP contribution in [0.2, 0.25) is 0 Å². The number of hydrogen-bond acceptors (Lipinski definition) is 7. The smallest absolute Gasteiger partial charge is 0.295 e. The molecule has 1 fully saturated rings. The minimum atomic E-state index is -0.946. The molecule has 2 aromatic carbocycles. The Balaban J connectivity index is 2.08. The summed E-state index contributed by atoms with van der Waals surface area (Å²) in [6.45, 7) is 3.96. The highest BCUT2D eigenvalue weighted by molar-refractivity contribution is 6.46. The predicted octanol–water partition coefficient (Wildman–Crippen LogP) is 3.15. The van der Waals surface area contributed by atoms with Gasteiger partial charge in [0, 0.05) is 24.2 Å². The standard InChI is InChI=1S/C22H22N2O7/c1-13(2)31-11-10-23-19(15-4-3-5-17(25)12-15)18(21(27)22(23)28)20(26)14-6-8-16(9-7-14)24(29)30/h3-9,12-13,19,25-26H,10-11H2,1-2H3/b20-18-. The molecule has 1 aliphatic heterocycles. The number of phenols is 1. The van der Waals surface area contributed by atoms with Crippen LogP contribution in [0.4, 0.5) is 5.69 Å². The molecule has 0 bridgehead atoms. The number of rotatable bonds is 7. The lowest BCUT2D eigenvalue weighted by molar-refractivity contribution is -0.384. The van der Waals surface area contributed by atoms with Crippen molar-refractivity contribution in [2.24, 2.45) is 0 Å². The van der Waals surface area contributed by atoms with Crippen molar-refractivity contribution in [1.82, 2.24) is 4.90 Å². The van der Waals surface area contributed by atoms with Crippen LogP contribution in [0.15, 0.2) is 54.1 Å². The molecule has 9 nitrogen and oxygen atoms in total. The molecule has 162 valence electrons. The largest absolute Gasteiger partial charge is 0.508 e. The van der Waals surface area contributed by atoms with E-state index in [2.05, 4.69) is 0 Å². The Morgan fingerprint density at radius 3 is 2.45 bits per heavy atom. The maximum atomic E-state index is 12.9. The number of aromatic hydroxyl groups is 1. The molecule has 1 saturated heterocycles. The summed E-state index contributed by atoms with van der Waals surface area (Å²) in [4.78, 5) is 37.2. The fraction of sp³-hybridized carbons (Fsp3) is 0.273. The van der Waals surface area contributed by atoms with Crippen molar-refractivity contribution in [3.05, 3.63) is 75.3 Å². The van der Waals surface area contributed by atoms with Crippen molar-refractivity contribution in [3.8, 4) is 5.75 Å². The number of ether oxygens (including phenoxy) is 1. The Labute approximate surface area is 178 Å². The van der Waals surface area contributed by atoms with E-state index in [1.807, 2.05) is 13.8 Å². The van der Waals surface area contributed by atoms with E-state index in [-0.39, 0.29) is 41.8 Å². The number of ketones is 1. The van der Waals surface area contributed by atoms with Gasteiger partial charge in [-0.15, -0.1) is 0 Å². The number of amides is 1. The maximum Gasteiger partial charge on any atom is 0.295 e. The van der Waals surface area contributed by atoms with Crippen LogP contribution in [0.25, 0.3) is 5.76 Å². The van der Waals surface area contributed by atoms with Crippen LogP contribution in [-0.4, -0.2) is 51.0 Å². The first kappa shape index (κ1) is 22.0. The van der Waals surface area contributed by atoms with Crippen molar-refractivity contribution in [3.63, 3.8) is 0 Å². The van der Waals surface area contributed by atoms with Gasteiger partial charge >= 0.3 is 0 Å². The number of nitro benzene ring substituents is 1. The summed E-state index contributed by atoms with van der Waals surface area (Å²) in [6.07, 6.45) is -0.0730. The molecule has 1 amide bonds. The number of benzene rings is 2. The van der Waals surface area contributed by atoms with Crippen molar-refractivity contribution in [1.29, 1.82) is 0 Å². The molecule has 0 saturated carbocycles. The van der Waals surface area contributed by atoms with Gasteiger partial charge in [-0.2, -0.15) is 0 Å². The average molecular weight is 426 g/mol. The van der Waals surface area contributed by atoms with E-state index in [4.69, 9.17) is 4.74 Å².